The van der Waals surface area contributed by atoms with Crippen LogP contribution < -0.4 is 9.47 Å². The smallest absolute Gasteiger partial charge is 0.416 e. The first-order valence-corrected chi connectivity index (χ1v) is 17.5. The Balaban J connectivity index is 1.35. The molecule has 5 aromatic carbocycles. The topological polar surface area (TPSA) is 47.9 Å². The van der Waals surface area contributed by atoms with Crippen LogP contribution in [0.25, 0.3) is 32.7 Å². The Morgan fingerprint density at radius 2 is 1.62 bits per heavy atom. The van der Waals surface area contributed by atoms with Crippen molar-refractivity contribution in [3.8, 4) is 22.6 Å². The molecule has 0 spiro atoms. The van der Waals surface area contributed by atoms with Gasteiger partial charge in [0.1, 0.15) is 30.2 Å². The number of halogens is 3. The van der Waals surface area contributed by atoms with Crippen molar-refractivity contribution < 1.29 is 37.0 Å². The van der Waals surface area contributed by atoms with Crippen LogP contribution in [0.4, 0.5) is 13.2 Å². The maximum absolute atomic E-state index is 13.4. The van der Waals surface area contributed by atoms with Gasteiger partial charge in [-0.05, 0) is 69.8 Å². The standard InChI is InChI=1S/C42H45F3NO4/c1-5-27-24-46(23-26-10-15-33(16-11-26)42(43,44)45)19-18-29(27)22-36(46)40(47)31-13-12-28-14-17-37(49-3)38(35(28)21-31)39-34-9-7-6-8-30(34)20-32(25-48-2)41(39)50-4/h6-17,20-21,27,29,36,40,47H,5,18-19,22-25H2,1-4H3/q+1/t27-,29-,36+,40-,46?/m0/s1. The summed E-state index contributed by atoms with van der Waals surface area (Å²) in [5.41, 5.74) is 3.76. The Kier molecular flexibility index (Phi) is 9.31. The largest absolute Gasteiger partial charge is 0.496 e. The molecule has 3 aliphatic rings. The third-order valence-electron chi connectivity index (χ3n) is 11.5. The fourth-order valence-electron chi connectivity index (χ4n) is 9.11. The Morgan fingerprint density at radius 3 is 2.32 bits per heavy atom. The maximum Gasteiger partial charge on any atom is 0.416 e. The molecule has 0 radical (unpaired) electrons. The van der Waals surface area contributed by atoms with E-state index in [-0.39, 0.29) is 6.04 Å². The second-order valence-corrected chi connectivity index (χ2v) is 14.2. The van der Waals surface area contributed by atoms with Crippen molar-refractivity contribution in [2.45, 2.75) is 57.7 Å². The molecule has 0 saturated carbocycles. The molecule has 3 aliphatic heterocycles. The van der Waals surface area contributed by atoms with Gasteiger partial charge in [-0.25, -0.2) is 0 Å². The number of fused-ring (bicyclic) bond motifs is 5. The van der Waals surface area contributed by atoms with Crippen LogP contribution in [0.5, 0.6) is 11.5 Å². The first-order valence-electron chi connectivity index (χ1n) is 17.5. The first-order chi connectivity index (χ1) is 24.1. The number of aliphatic hydroxyl groups excluding tert-OH is 1. The number of ether oxygens (including phenoxy) is 3. The molecule has 0 aliphatic carbocycles. The Bertz CT molecular complexity index is 2010. The van der Waals surface area contributed by atoms with Gasteiger partial charge >= 0.3 is 6.18 Å². The number of hydrogen-bond acceptors (Lipinski definition) is 4. The van der Waals surface area contributed by atoms with Crippen LogP contribution in [0, 0.1) is 11.8 Å². The van der Waals surface area contributed by atoms with Gasteiger partial charge in [0.25, 0.3) is 0 Å². The van der Waals surface area contributed by atoms with Gasteiger partial charge in [-0.1, -0.05) is 61.5 Å². The number of methoxy groups -OCH3 is 3. The lowest BCUT2D eigenvalue weighted by atomic mass is 9.70. The minimum absolute atomic E-state index is 0.0919. The number of nitrogens with zero attached hydrogens (tertiary/aromatic N) is 1. The van der Waals surface area contributed by atoms with Crippen molar-refractivity contribution in [3.05, 3.63) is 107 Å². The molecular formula is C42H45F3NO4+. The van der Waals surface area contributed by atoms with Gasteiger partial charge in [0, 0.05) is 48.1 Å². The van der Waals surface area contributed by atoms with Crippen molar-refractivity contribution in [2.75, 3.05) is 34.4 Å². The molecule has 50 heavy (non-hydrogen) atoms. The van der Waals surface area contributed by atoms with Gasteiger partial charge < -0.3 is 23.8 Å². The van der Waals surface area contributed by atoms with Crippen LogP contribution in [0.15, 0.2) is 84.9 Å². The maximum atomic E-state index is 13.4. The van der Waals surface area contributed by atoms with Gasteiger partial charge in [-0.2, -0.15) is 13.2 Å². The molecule has 3 heterocycles. The fourth-order valence-corrected chi connectivity index (χ4v) is 9.11. The zero-order valence-corrected chi connectivity index (χ0v) is 29.1. The molecule has 8 heteroatoms. The van der Waals surface area contributed by atoms with Crippen LogP contribution in [0.2, 0.25) is 0 Å². The summed E-state index contributed by atoms with van der Waals surface area (Å²) in [5.74, 6) is 2.45. The fraction of sp³-hybridized carbons (Fsp3) is 0.381. The third kappa shape index (κ3) is 6.01. The second-order valence-electron chi connectivity index (χ2n) is 14.2. The Hall–Kier alpha value is -4.11. The van der Waals surface area contributed by atoms with E-state index in [9.17, 15) is 18.3 Å². The van der Waals surface area contributed by atoms with Crippen molar-refractivity contribution in [3.63, 3.8) is 0 Å². The van der Waals surface area contributed by atoms with Gasteiger partial charge in [-0.15, -0.1) is 0 Å². The number of aliphatic hydroxyl groups is 1. The molecule has 0 aromatic heterocycles. The molecule has 3 fully saturated rings. The molecule has 262 valence electrons. The SMILES string of the molecule is CC[C@H]1C[N+]2(Cc3ccc(C(F)(F)F)cc3)CC[C@H]1C[C@@H]2[C@@H](O)c1ccc2ccc(OC)c(-c3c(OC)c(COC)cc4ccccc34)c2c1. The predicted molar refractivity (Wildman–Crippen MR) is 191 cm³/mol. The van der Waals surface area contributed by atoms with Crippen molar-refractivity contribution in [1.82, 2.24) is 0 Å². The van der Waals surface area contributed by atoms with E-state index >= 15 is 0 Å². The van der Waals surface area contributed by atoms with Crippen molar-refractivity contribution in [2.24, 2.45) is 11.8 Å². The van der Waals surface area contributed by atoms with Crippen molar-refractivity contribution >= 4 is 21.5 Å². The van der Waals surface area contributed by atoms with E-state index in [1.165, 1.54) is 12.1 Å². The number of rotatable bonds is 10. The van der Waals surface area contributed by atoms with Crippen LogP contribution in [-0.2, 0) is 24.1 Å². The van der Waals surface area contributed by atoms with E-state index in [0.29, 0.717) is 41.0 Å². The minimum Gasteiger partial charge on any atom is -0.496 e. The monoisotopic (exact) mass is 684 g/mol. The Morgan fingerprint density at radius 1 is 0.860 bits per heavy atom. The number of quaternary nitrogens is 1. The highest BCUT2D eigenvalue weighted by atomic mass is 19.4. The van der Waals surface area contributed by atoms with Gasteiger partial charge in [0.15, 0.2) is 0 Å². The highest BCUT2D eigenvalue weighted by molar-refractivity contribution is 6.10. The summed E-state index contributed by atoms with van der Waals surface area (Å²) in [6, 6.07) is 26.0. The average molecular weight is 685 g/mol. The number of alkyl halides is 3. The molecule has 8 rings (SSSR count). The summed E-state index contributed by atoms with van der Waals surface area (Å²) < 4.78 is 58.6. The summed E-state index contributed by atoms with van der Waals surface area (Å²) in [4.78, 5) is 0. The molecule has 2 bridgehead atoms. The molecule has 5 aromatic rings. The van der Waals surface area contributed by atoms with E-state index in [1.807, 2.05) is 30.3 Å². The zero-order chi connectivity index (χ0) is 35.2. The van der Waals surface area contributed by atoms with E-state index in [4.69, 9.17) is 14.2 Å². The van der Waals surface area contributed by atoms with Gasteiger partial charge in [0.05, 0.1) is 39.5 Å². The van der Waals surface area contributed by atoms with E-state index < -0.39 is 17.8 Å². The minimum atomic E-state index is -4.38. The molecule has 3 saturated heterocycles. The number of piperidine rings is 3. The van der Waals surface area contributed by atoms with Crippen LogP contribution in [-0.4, -0.2) is 50.1 Å². The molecule has 1 unspecified atom stereocenters. The average Bonchev–Trinajstić information content (AvgIpc) is 3.13. The molecule has 5 nitrogen and oxygen atoms in total. The third-order valence-corrected chi connectivity index (χ3v) is 11.5. The lowest BCUT2D eigenvalue weighted by Gasteiger charge is -2.58. The van der Waals surface area contributed by atoms with Gasteiger partial charge in [-0.3, -0.25) is 0 Å². The lowest BCUT2D eigenvalue weighted by Crippen LogP contribution is -2.67. The van der Waals surface area contributed by atoms with Crippen molar-refractivity contribution in [1.29, 1.82) is 0 Å². The highest BCUT2D eigenvalue weighted by Gasteiger charge is 2.54. The molecule has 1 N–H and O–H groups in total. The summed E-state index contributed by atoms with van der Waals surface area (Å²) >= 11 is 0. The van der Waals surface area contributed by atoms with Crippen LogP contribution in [0.1, 0.15) is 54.5 Å². The van der Waals surface area contributed by atoms with E-state index in [0.717, 1.165) is 81.7 Å². The lowest BCUT2D eigenvalue weighted by molar-refractivity contribution is -0.985. The number of benzene rings is 5. The van der Waals surface area contributed by atoms with Gasteiger partial charge in [0.2, 0.25) is 0 Å². The number of hydrogen-bond donors (Lipinski definition) is 1. The Labute approximate surface area is 291 Å². The summed E-state index contributed by atoms with van der Waals surface area (Å²) in [5, 5.41) is 16.4. The van der Waals surface area contributed by atoms with E-state index in [1.54, 1.807) is 33.5 Å². The molecule has 5 atom stereocenters. The summed E-state index contributed by atoms with van der Waals surface area (Å²) in [6.45, 7) is 4.99. The zero-order valence-electron chi connectivity index (χ0n) is 29.1. The summed E-state index contributed by atoms with van der Waals surface area (Å²) in [7, 11) is 5.02. The summed E-state index contributed by atoms with van der Waals surface area (Å²) in [6.07, 6.45) is -2.16. The normalized spacial score (nSPS) is 22.6. The highest BCUT2D eigenvalue weighted by Crippen LogP contribution is 2.50. The first kappa shape index (κ1) is 34.3. The molecule has 0 amide bonds. The van der Waals surface area contributed by atoms with Crippen LogP contribution >= 0.6 is 0 Å². The quantitative estimate of drug-likeness (QED) is 0.149. The molecular weight excluding hydrogens is 639 g/mol. The second kappa shape index (κ2) is 13.5. The van der Waals surface area contributed by atoms with E-state index in [2.05, 4.69) is 37.3 Å². The predicted octanol–water partition coefficient (Wildman–Crippen LogP) is 9.71. The van der Waals surface area contributed by atoms with Crippen LogP contribution in [0.3, 0.4) is 0 Å².